The van der Waals surface area contributed by atoms with Crippen LogP contribution in [-0.2, 0) is 13.0 Å². The number of phenols is 1. The number of benzene rings is 1. The van der Waals surface area contributed by atoms with Crippen molar-refractivity contribution in [1.29, 1.82) is 0 Å². The quantitative estimate of drug-likeness (QED) is 0.875. The Morgan fingerprint density at radius 1 is 1.37 bits per heavy atom. The predicted octanol–water partition coefficient (Wildman–Crippen LogP) is 2.10. The van der Waals surface area contributed by atoms with Gasteiger partial charge in [0, 0.05) is 13.1 Å². The number of carbonyl (C=O) groups is 1. The van der Waals surface area contributed by atoms with Gasteiger partial charge in [-0.3, -0.25) is 4.79 Å². The zero-order chi connectivity index (χ0) is 13.4. The molecule has 1 aliphatic heterocycles. The lowest BCUT2D eigenvalue weighted by molar-refractivity contribution is 0.0733. The molecule has 1 N–H and O–H groups in total. The van der Waals surface area contributed by atoms with E-state index < -0.39 is 0 Å². The van der Waals surface area contributed by atoms with Crippen LogP contribution in [0.5, 0.6) is 5.75 Å². The maximum Gasteiger partial charge on any atom is 0.285 e. The fourth-order valence-corrected chi connectivity index (χ4v) is 2.94. The van der Waals surface area contributed by atoms with Crippen LogP contribution in [0.4, 0.5) is 0 Å². The Bertz CT molecular complexity index is 644. The number of hydrogen-bond donors (Lipinski definition) is 1. The van der Waals surface area contributed by atoms with Crippen LogP contribution in [0, 0.1) is 0 Å². The lowest BCUT2D eigenvalue weighted by Gasteiger charge is -2.28. The molecule has 0 fully saturated rings. The molecule has 0 saturated heterocycles. The number of halogens is 1. The fourth-order valence-electron chi connectivity index (χ4n) is 2.14. The van der Waals surface area contributed by atoms with Crippen LogP contribution in [0.25, 0.3) is 0 Å². The summed E-state index contributed by atoms with van der Waals surface area (Å²) in [6, 6.07) is 5.26. The van der Waals surface area contributed by atoms with Crippen LogP contribution in [0.3, 0.4) is 0 Å². The highest BCUT2D eigenvalue weighted by Crippen LogP contribution is 2.25. The Kier molecular flexibility index (Phi) is 3.12. The molecule has 19 heavy (non-hydrogen) atoms. The van der Waals surface area contributed by atoms with Crippen LogP contribution in [0.15, 0.2) is 18.2 Å². The molecule has 0 radical (unpaired) electrons. The Balaban J connectivity index is 1.83. The molecule has 0 atom stereocenters. The lowest BCUT2D eigenvalue weighted by atomic mass is 9.99. The first-order valence-electron chi connectivity index (χ1n) is 5.72. The Morgan fingerprint density at radius 2 is 2.21 bits per heavy atom. The third kappa shape index (κ3) is 2.41. The van der Waals surface area contributed by atoms with Crippen LogP contribution < -0.4 is 0 Å². The molecule has 0 unspecified atom stereocenters. The summed E-state index contributed by atoms with van der Waals surface area (Å²) in [6.07, 6.45) is 0.772. The molecular weight excluding hydrogens is 286 g/mol. The maximum absolute atomic E-state index is 12.2. The average molecular weight is 296 g/mol. The highest BCUT2D eigenvalue weighted by Gasteiger charge is 2.24. The fraction of sp³-hybridized carbons (Fsp3) is 0.250. The summed E-state index contributed by atoms with van der Waals surface area (Å²) in [7, 11) is 0. The van der Waals surface area contributed by atoms with Crippen molar-refractivity contribution in [1.82, 2.24) is 15.1 Å². The lowest BCUT2D eigenvalue weighted by Crippen LogP contribution is -2.35. The molecule has 98 valence electrons. The predicted molar refractivity (Wildman–Crippen MR) is 71.5 cm³/mol. The normalized spacial score (nSPS) is 14.3. The molecule has 2 aromatic rings. The molecular formula is C12H10ClN3O2S. The van der Waals surface area contributed by atoms with Crippen molar-refractivity contribution in [3.05, 3.63) is 38.8 Å². The van der Waals surface area contributed by atoms with Gasteiger partial charge in [-0.2, -0.15) is 0 Å². The van der Waals surface area contributed by atoms with E-state index in [-0.39, 0.29) is 16.1 Å². The number of aromatic hydroxyl groups is 1. The smallest absolute Gasteiger partial charge is 0.285 e. The zero-order valence-electron chi connectivity index (χ0n) is 9.84. The summed E-state index contributed by atoms with van der Waals surface area (Å²) in [6.45, 7) is 1.10. The first kappa shape index (κ1) is 12.4. The van der Waals surface area contributed by atoms with Gasteiger partial charge in [0.1, 0.15) is 5.75 Å². The standard InChI is InChI=1S/C12H10ClN3O2S/c13-12-15-14-10(19-12)11(18)16-4-3-7-1-2-9(17)5-8(7)6-16/h1-2,5,17H,3-4,6H2. The molecule has 3 rings (SSSR count). The third-order valence-corrected chi connectivity index (χ3v) is 4.08. The Morgan fingerprint density at radius 3 is 2.95 bits per heavy atom. The second-order valence-corrected chi connectivity index (χ2v) is 5.85. The highest BCUT2D eigenvalue weighted by atomic mass is 35.5. The maximum atomic E-state index is 12.2. The van der Waals surface area contributed by atoms with E-state index in [0.717, 1.165) is 28.9 Å². The molecule has 1 aliphatic rings. The minimum Gasteiger partial charge on any atom is -0.508 e. The van der Waals surface area contributed by atoms with E-state index in [1.165, 1.54) is 0 Å². The highest BCUT2D eigenvalue weighted by molar-refractivity contribution is 7.17. The van der Waals surface area contributed by atoms with Crippen molar-refractivity contribution in [2.24, 2.45) is 0 Å². The zero-order valence-corrected chi connectivity index (χ0v) is 11.4. The van der Waals surface area contributed by atoms with Crippen LogP contribution in [-0.4, -0.2) is 32.7 Å². The number of amides is 1. The number of aromatic nitrogens is 2. The van der Waals surface area contributed by atoms with Gasteiger partial charge < -0.3 is 10.0 Å². The van der Waals surface area contributed by atoms with Crippen molar-refractivity contribution in [3.8, 4) is 5.75 Å². The van der Waals surface area contributed by atoms with Crippen LogP contribution >= 0.6 is 22.9 Å². The third-order valence-electron chi connectivity index (χ3n) is 3.07. The van der Waals surface area contributed by atoms with Crippen molar-refractivity contribution in [2.45, 2.75) is 13.0 Å². The van der Waals surface area contributed by atoms with Gasteiger partial charge in [0.05, 0.1) is 0 Å². The number of hydrogen-bond acceptors (Lipinski definition) is 5. The average Bonchev–Trinajstić information content (AvgIpc) is 2.83. The number of carbonyl (C=O) groups excluding carboxylic acids is 1. The van der Waals surface area contributed by atoms with E-state index in [1.54, 1.807) is 17.0 Å². The van der Waals surface area contributed by atoms with Gasteiger partial charge in [0.2, 0.25) is 9.47 Å². The van der Waals surface area contributed by atoms with E-state index >= 15 is 0 Å². The number of nitrogens with zero attached hydrogens (tertiary/aromatic N) is 3. The van der Waals surface area contributed by atoms with Gasteiger partial charge in [0.25, 0.3) is 5.91 Å². The van der Waals surface area contributed by atoms with Crippen molar-refractivity contribution < 1.29 is 9.90 Å². The summed E-state index contributed by atoms with van der Waals surface area (Å²) in [4.78, 5) is 13.9. The van der Waals surface area contributed by atoms with E-state index in [1.807, 2.05) is 6.07 Å². The number of phenolic OH excluding ortho intramolecular Hbond substituents is 1. The molecule has 5 nitrogen and oxygen atoms in total. The van der Waals surface area contributed by atoms with Crippen molar-refractivity contribution in [2.75, 3.05) is 6.54 Å². The Hall–Kier alpha value is -1.66. The molecule has 7 heteroatoms. The summed E-state index contributed by atoms with van der Waals surface area (Å²) in [5, 5.41) is 17.2. The first-order valence-corrected chi connectivity index (χ1v) is 6.92. The second-order valence-electron chi connectivity index (χ2n) is 4.29. The van der Waals surface area contributed by atoms with Gasteiger partial charge >= 0.3 is 0 Å². The molecule has 0 saturated carbocycles. The van der Waals surface area contributed by atoms with E-state index in [0.29, 0.717) is 18.1 Å². The largest absolute Gasteiger partial charge is 0.508 e. The van der Waals surface area contributed by atoms with E-state index in [2.05, 4.69) is 10.2 Å². The molecule has 1 aromatic carbocycles. The first-order chi connectivity index (χ1) is 9.13. The SMILES string of the molecule is O=C(c1nnc(Cl)s1)N1CCc2ccc(O)cc2C1. The van der Waals surface area contributed by atoms with Crippen molar-refractivity contribution in [3.63, 3.8) is 0 Å². The summed E-state index contributed by atoms with van der Waals surface area (Å²) < 4.78 is 0.262. The summed E-state index contributed by atoms with van der Waals surface area (Å²) in [5.41, 5.74) is 2.13. The van der Waals surface area contributed by atoms with Crippen LogP contribution in [0.2, 0.25) is 4.47 Å². The number of rotatable bonds is 1. The van der Waals surface area contributed by atoms with E-state index in [4.69, 9.17) is 11.6 Å². The van der Waals surface area contributed by atoms with Crippen LogP contribution in [0.1, 0.15) is 20.9 Å². The molecule has 0 spiro atoms. The number of fused-ring (bicyclic) bond motifs is 1. The van der Waals surface area contributed by atoms with Gasteiger partial charge in [-0.25, -0.2) is 0 Å². The molecule has 2 heterocycles. The van der Waals surface area contributed by atoms with E-state index in [9.17, 15) is 9.90 Å². The molecule has 1 aromatic heterocycles. The minimum atomic E-state index is -0.168. The second kappa shape index (κ2) is 4.79. The molecule has 0 aliphatic carbocycles. The monoisotopic (exact) mass is 295 g/mol. The molecule has 0 bridgehead atoms. The van der Waals surface area contributed by atoms with Crippen molar-refractivity contribution >= 4 is 28.8 Å². The summed E-state index contributed by atoms with van der Waals surface area (Å²) >= 11 is 6.76. The van der Waals surface area contributed by atoms with Gasteiger partial charge in [-0.05, 0) is 41.3 Å². The van der Waals surface area contributed by atoms with Gasteiger partial charge in [-0.15, -0.1) is 10.2 Å². The summed E-state index contributed by atoms with van der Waals surface area (Å²) in [5.74, 6) is 0.0467. The Labute approximate surface area is 118 Å². The van der Waals surface area contributed by atoms with Gasteiger partial charge in [-0.1, -0.05) is 17.4 Å². The minimum absolute atomic E-state index is 0.168. The van der Waals surface area contributed by atoms with Gasteiger partial charge in [0.15, 0.2) is 0 Å². The topological polar surface area (TPSA) is 66.3 Å². The molecule has 1 amide bonds.